The summed E-state index contributed by atoms with van der Waals surface area (Å²) in [6.45, 7) is 11.6. The van der Waals surface area contributed by atoms with Gasteiger partial charge in [0.25, 0.3) is 5.91 Å². The van der Waals surface area contributed by atoms with Crippen LogP contribution in [0.2, 0.25) is 0 Å². The van der Waals surface area contributed by atoms with Crippen molar-refractivity contribution in [2.45, 2.75) is 63.8 Å². The number of aliphatic hydroxyl groups is 1. The monoisotopic (exact) mass is 589 g/mol. The van der Waals surface area contributed by atoms with Crippen LogP contribution in [0.1, 0.15) is 39.2 Å². The summed E-state index contributed by atoms with van der Waals surface area (Å²) < 4.78 is 12.0. The molecule has 2 aromatic carbocycles. The quantitative estimate of drug-likeness (QED) is 0.282. The maximum absolute atomic E-state index is 14.8. The van der Waals surface area contributed by atoms with Gasteiger partial charge in [0.2, 0.25) is 5.91 Å². The first-order valence-electron chi connectivity index (χ1n) is 15.4. The van der Waals surface area contributed by atoms with Crippen LogP contribution >= 0.6 is 0 Å². The van der Waals surface area contributed by atoms with E-state index in [1.54, 1.807) is 17.9 Å². The first kappa shape index (κ1) is 30.8. The molecule has 9 nitrogen and oxygen atoms in total. The highest BCUT2D eigenvalue weighted by molar-refractivity contribution is 6.05. The number of esters is 1. The third-order valence-electron chi connectivity index (χ3n) is 9.32. The molecule has 1 N–H and O–H groups in total. The fraction of sp³-hybridized carbons (Fsp3) is 0.500. The molecule has 6 atom stereocenters. The van der Waals surface area contributed by atoms with Gasteiger partial charge < -0.3 is 29.3 Å². The van der Waals surface area contributed by atoms with Crippen LogP contribution in [0.4, 0.5) is 11.4 Å². The molecule has 3 aliphatic rings. The van der Waals surface area contributed by atoms with Gasteiger partial charge in [0.15, 0.2) is 0 Å². The minimum Gasteiger partial charge on any atom is -0.466 e. The highest BCUT2D eigenvalue weighted by Gasteiger charge is 2.75. The fourth-order valence-corrected chi connectivity index (χ4v) is 7.44. The topological polar surface area (TPSA) is 99.6 Å². The average molecular weight is 590 g/mol. The van der Waals surface area contributed by atoms with Crippen LogP contribution in [0, 0.1) is 11.8 Å². The van der Waals surface area contributed by atoms with E-state index in [4.69, 9.17) is 9.47 Å². The first-order valence-corrected chi connectivity index (χ1v) is 15.4. The molecule has 2 bridgehead atoms. The number of carbonyl (C=O) groups is 3. The van der Waals surface area contributed by atoms with E-state index in [-0.39, 0.29) is 31.6 Å². The Morgan fingerprint density at radius 2 is 1.79 bits per heavy atom. The van der Waals surface area contributed by atoms with E-state index >= 15 is 0 Å². The van der Waals surface area contributed by atoms with Crippen molar-refractivity contribution in [1.82, 2.24) is 4.90 Å². The highest BCUT2D eigenvalue weighted by atomic mass is 16.6. The zero-order valence-electron chi connectivity index (χ0n) is 25.4. The number of nitrogens with zero attached hydrogens (tertiary/aromatic N) is 3. The lowest BCUT2D eigenvalue weighted by Crippen LogP contribution is -2.59. The Hall–Kier alpha value is -3.69. The molecule has 3 aliphatic heterocycles. The summed E-state index contributed by atoms with van der Waals surface area (Å²) in [5, 5.41) is 10.7. The summed E-state index contributed by atoms with van der Waals surface area (Å²) in [7, 11) is 0. The van der Waals surface area contributed by atoms with Crippen molar-refractivity contribution in [2.75, 3.05) is 42.6 Å². The SMILES string of the molecule is C=CCN(C(=O)[C@@H]1N([C@@H](CO)Cc2ccccc2)C(=O)[C@H]2[C@H](C(=O)OCC)[C@@H]3CC[C@]12O3)c1ccc(N(CC)CC)cc1. The summed E-state index contributed by atoms with van der Waals surface area (Å²) in [5.74, 6) is -2.79. The fourth-order valence-electron chi connectivity index (χ4n) is 7.44. The Balaban J connectivity index is 1.57. The molecule has 2 amide bonds. The first-order chi connectivity index (χ1) is 20.8. The number of benzene rings is 2. The van der Waals surface area contributed by atoms with Crippen LogP contribution in [0.25, 0.3) is 0 Å². The predicted molar refractivity (Wildman–Crippen MR) is 165 cm³/mol. The molecule has 3 heterocycles. The lowest BCUT2D eigenvalue weighted by molar-refractivity contribution is -0.155. The Bertz CT molecular complexity index is 1310. The molecule has 9 heteroatoms. The van der Waals surface area contributed by atoms with Gasteiger partial charge >= 0.3 is 5.97 Å². The zero-order chi connectivity index (χ0) is 30.7. The van der Waals surface area contributed by atoms with E-state index in [2.05, 4.69) is 25.3 Å². The van der Waals surface area contributed by atoms with Crippen LogP contribution in [0.15, 0.2) is 67.3 Å². The molecule has 0 aromatic heterocycles. The van der Waals surface area contributed by atoms with E-state index in [0.29, 0.717) is 24.9 Å². The maximum atomic E-state index is 14.8. The van der Waals surface area contributed by atoms with E-state index in [1.807, 2.05) is 54.6 Å². The summed E-state index contributed by atoms with van der Waals surface area (Å²) in [4.78, 5) is 47.8. The number of carbonyl (C=O) groups excluding carboxylic acids is 3. The number of aliphatic hydroxyl groups excluding tert-OH is 1. The van der Waals surface area contributed by atoms with Crippen molar-refractivity contribution in [3.63, 3.8) is 0 Å². The normalized spacial score (nSPS) is 26.2. The van der Waals surface area contributed by atoms with Crippen LogP contribution < -0.4 is 9.80 Å². The Morgan fingerprint density at radius 1 is 1.12 bits per heavy atom. The Kier molecular flexibility index (Phi) is 9.22. The van der Waals surface area contributed by atoms with Gasteiger partial charge in [-0.1, -0.05) is 36.4 Å². The minimum atomic E-state index is -1.19. The molecular formula is C34H43N3O6. The predicted octanol–water partition coefficient (Wildman–Crippen LogP) is 3.59. The van der Waals surface area contributed by atoms with Crippen molar-refractivity contribution < 1.29 is 29.0 Å². The second kappa shape index (κ2) is 12.9. The Morgan fingerprint density at radius 3 is 2.40 bits per heavy atom. The molecular weight excluding hydrogens is 546 g/mol. The number of hydrogen-bond acceptors (Lipinski definition) is 7. The van der Waals surface area contributed by atoms with Gasteiger partial charge in [-0.3, -0.25) is 14.4 Å². The molecule has 230 valence electrons. The summed E-state index contributed by atoms with van der Waals surface area (Å²) in [6.07, 6.45) is 2.53. The smallest absolute Gasteiger partial charge is 0.312 e. The van der Waals surface area contributed by atoms with Gasteiger partial charge in [0, 0.05) is 31.0 Å². The molecule has 1 spiro atoms. The Labute approximate surface area is 254 Å². The largest absolute Gasteiger partial charge is 0.466 e. The number of rotatable bonds is 13. The van der Waals surface area contributed by atoms with E-state index < -0.39 is 41.6 Å². The molecule has 2 aromatic rings. The molecule has 0 saturated carbocycles. The van der Waals surface area contributed by atoms with Crippen LogP contribution in [-0.2, 0) is 30.3 Å². The summed E-state index contributed by atoms with van der Waals surface area (Å²) in [6, 6.07) is 15.7. The van der Waals surface area contributed by atoms with E-state index in [9.17, 15) is 19.5 Å². The van der Waals surface area contributed by atoms with Gasteiger partial charge in [-0.05, 0) is 69.9 Å². The van der Waals surface area contributed by atoms with E-state index in [0.717, 1.165) is 24.3 Å². The van der Waals surface area contributed by atoms with Gasteiger partial charge in [-0.2, -0.15) is 0 Å². The second-order valence-electron chi connectivity index (χ2n) is 11.5. The number of hydrogen-bond donors (Lipinski definition) is 1. The van der Waals surface area contributed by atoms with Gasteiger partial charge in [0.05, 0.1) is 37.2 Å². The molecule has 5 rings (SSSR count). The zero-order valence-corrected chi connectivity index (χ0v) is 25.4. The van der Waals surface area contributed by atoms with Gasteiger partial charge in [-0.25, -0.2) is 0 Å². The van der Waals surface area contributed by atoms with Gasteiger partial charge in [-0.15, -0.1) is 6.58 Å². The number of anilines is 2. The van der Waals surface area contributed by atoms with Crippen molar-refractivity contribution >= 4 is 29.2 Å². The summed E-state index contributed by atoms with van der Waals surface area (Å²) >= 11 is 0. The van der Waals surface area contributed by atoms with E-state index in [1.165, 1.54) is 4.90 Å². The second-order valence-corrected chi connectivity index (χ2v) is 11.5. The molecule has 3 saturated heterocycles. The third kappa shape index (κ3) is 5.33. The molecule has 43 heavy (non-hydrogen) atoms. The summed E-state index contributed by atoms with van der Waals surface area (Å²) in [5.41, 5.74) is 1.46. The average Bonchev–Trinajstić information content (AvgIpc) is 3.67. The number of likely N-dealkylation sites (tertiary alicyclic amines) is 1. The molecule has 0 radical (unpaired) electrons. The molecule has 3 fully saturated rings. The number of ether oxygens (including phenoxy) is 2. The van der Waals surface area contributed by atoms with Gasteiger partial charge in [0.1, 0.15) is 11.6 Å². The highest BCUT2D eigenvalue weighted by Crippen LogP contribution is 2.59. The molecule has 0 unspecified atom stereocenters. The van der Waals surface area contributed by atoms with Crippen LogP contribution in [-0.4, -0.2) is 84.4 Å². The van der Waals surface area contributed by atoms with Crippen molar-refractivity contribution in [3.05, 3.63) is 72.8 Å². The standard InChI is InChI=1S/C34H43N3O6/c1-5-20-36(25-16-14-24(15-17-25)35(6-2)7-3)32(40)30-34-19-18-27(43-34)28(33(41)42-8-4)29(34)31(39)37(30)26(22-38)21-23-12-10-9-11-13-23/h5,9-17,26-30,38H,1,6-8,18-22H2,2-4H3/t26-,27+,28-,29-,30+,34-/m1/s1. The lowest BCUT2D eigenvalue weighted by Gasteiger charge is -2.39. The number of fused-ring (bicyclic) bond motifs is 1. The third-order valence-corrected chi connectivity index (χ3v) is 9.32. The minimum absolute atomic E-state index is 0.186. The maximum Gasteiger partial charge on any atom is 0.312 e. The molecule has 0 aliphatic carbocycles. The van der Waals surface area contributed by atoms with Crippen molar-refractivity contribution in [3.8, 4) is 0 Å². The van der Waals surface area contributed by atoms with Crippen LogP contribution in [0.5, 0.6) is 0 Å². The lowest BCUT2D eigenvalue weighted by atomic mass is 9.70. The number of amides is 2. The van der Waals surface area contributed by atoms with Crippen LogP contribution in [0.3, 0.4) is 0 Å². The van der Waals surface area contributed by atoms with Crippen molar-refractivity contribution in [2.24, 2.45) is 11.8 Å². The van der Waals surface area contributed by atoms with Crippen molar-refractivity contribution in [1.29, 1.82) is 0 Å².